The monoisotopic (exact) mass is 336 g/mol. The maximum absolute atomic E-state index is 12.9. The second-order valence-corrected chi connectivity index (χ2v) is 6.35. The van der Waals surface area contributed by atoms with Gasteiger partial charge in [0.25, 0.3) is 5.56 Å². The molecule has 0 aliphatic carbocycles. The molecule has 2 aromatic carbocycles. The second kappa shape index (κ2) is 5.76. The van der Waals surface area contributed by atoms with Crippen molar-refractivity contribution < 1.29 is 4.42 Å². The summed E-state index contributed by atoms with van der Waals surface area (Å²) in [5, 5.41) is 0.874. The number of furan rings is 1. The topological polar surface area (TPSA) is 50.9 Å². The Balaban J connectivity index is 1.86. The first-order valence-corrected chi connectivity index (χ1v) is 8.25. The molecule has 4 nitrogen and oxygen atoms in total. The Kier molecular flexibility index (Phi) is 3.58. The number of aromatic amines is 1. The number of hydrogen-bond acceptors (Lipinski definition) is 3. The predicted molar refractivity (Wildman–Crippen MR) is 98.0 cm³/mol. The Morgan fingerprint density at radius 3 is 2.62 bits per heavy atom. The van der Waals surface area contributed by atoms with Gasteiger partial charge in [-0.25, -0.2) is 0 Å². The zero-order valence-corrected chi connectivity index (χ0v) is 14.0. The van der Waals surface area contributed by atoms with Crippen molar-refractivity contribution in [3.63, 3.8) is 0 Å². The summed E-state index contributed by atoms with van der Waals surface area (Å²) in [5.41, 5.74) is 2.66. The zero-order chi connectivity index (χ0) is 16.7. The highest BCUT2D eigenvalue weighted by atomic mass is 32.1. The van der Waals surface area contributed by atoms with Crippen molar-refractivity contribution in [2.24, 2.45) is 0 Å². The van der Waals surface area contributed by atoms with Gasteiger partial charge in [0, 0.05) is 11.9 Å². The normalized spacial score (nSPS) is 12.7. The minimum atomic E-state index is -0.187. The molecule has 1 N–H and O–H groups in total. The number of hydrogen-bond donors (Lipinski definition) is 1. The number of benzene rings is 2. The molecule has 0 bridgehead atoms. The lowest BCUT2D eigenvalue weighted by Crippen LogP contribution is -2.24. The zero-order valence-electron chi connectivity index (χ0n) is 13.2. The van der Waals surface area contributed by atoms with Gasteiger partial charge >= 0.3 is 0 Å². The largest absolute Gasteiger partial charge is 0.449 e. The molecule has 24 heavy (non-hydrogen) atoms. The summed E-state index contributed by atoms with van der Waals surface area (Å²) in [7, 11) is 0. The van der Waals surface area contributed by atoms with Crippen LogP contribution in [0.4, 0.5) is 0 Å². The van der Waals surface area contributed by atoms with Gasteiger partial charge in [-0.05, 0) is 35.8 Å². The van der Waals surface area contributed by atoms with Crippen LogP contribution >= 0.6 is 12.2 Å². The molecular weight excluding hydrogens is 320 g/mol. The highest BCUT2D eigenvalue weighted by Gasteiger charge is 2.15. The van der Waals surface area contributed by atoms with E-state index in [4.69, 9.17) is 16.6 Å². The third kappa shape index (κ3) is 2.37. The number of aromatic nitrogens is 2. The lowest BCUT2D eigenvalue weighted by molar-refractivity contribution is 0.558. The van der Waals surface area contributed by atoms with Gasteiger partial charge in [-0.1, -0.05) is 49.4 Å². The summed E-state index contributed by atoms with van der Waals surface area (Å²) in [6, 6.07) is 17.7. The van der Waals surface area contributed by atoms with Gasteiger partial charge in [0.1, 0.15) is 11.1 Å². The van der Waals surface area contributed by atoms with Crippen molar-refractivity contribution >= 4 is 34.3 Å². The lowest BCUT2D eigenvalue weighted by Gasteiger charge is -2.13. The van der Waals surface area contributed by atoms with E-state index in [0.717, 1.165) is 5.39 Å². The van der Waals surface area contributed by atoms with Gasteiger partial charge in [0.15, 0.2) is 4.77 Å². The highest BCUT2D eigenvalue weighted by Crippen LogP contribution is 2.25. The molecule has 0 spiro atoms. The van der Waals surface area contributed by atoms with Crippen LogP contribution in [-0.4, -0.2) is 9.55 Å². The molecule has 4 aromatic rings. The smallest absolute Gasteiger partial charge is 0.298 e. The van der Waals surface area contributed by atoms with Gasteiger partial charge in [-0.2, -0.15) is 0 Å². The number of para-hydroxylation sites is 1. The van der Waals surface area contributed by atoms with Gasteiger partial charge in [-0.3, -0.25) is 9.36 Å². The number of rotatable bonds is 3. The summed E-state index contributed by atoms with van der Waals surface area (Å²) >= 11 is 5.43. The third-order valence-corrected chi connectivity index (χ3v) is 4.66. The summed E-state index contributed by atoms with van der Waals surface area (Å²) in [6.07, 6.45) is 0. The van der Waals surface area contributed by atoms with Crippen molar-refractivity contribution in [2.45, 2.75) is 19.4 Å². The molecule has 0 aliphatic heterocycles. The lowest BCUT2D eigenvalue weighted by atomic mass is 10.0. The van der Waals surface area contributed by atoms with Gasteiger partial charge in [0.05, 0.1) is 0 Å². The van der Waals surface area contributed by atoms with Gasteiger partial charge in [0.2, 0.25) is 5.58 Å². The number of nitrogens with zero attached hydrogens (tertiary/aromatic N) is 1. The molecule has 120 valence electrons. The van der Waals surface area contributed by atoms with Crippen molar-refractivity contribution in [3.05, 3.63) is 75.3 Å². The Morgan fingerprint density at radius 2 is 1.83 bits per heavy atom. The van der Waals surface area contributed by atoms with E-state index in [1.807, 2.05) is 42.5 Å². The van der Waals surface area contributed by atoms with Crippen LogP contribution in [0.15, 0.2) is 63.8 Å². The van der Waals surface area contributed by atoms with Crippen LogP contribution in [0.5, 0.6) is 0 Å². The van der Waals surface area contributed by atoms with E-state index in [1.54, 1.807) is 4.57 Å². The van der Waals surface area contributed by atoms with E-state index in [-0.39, 0.29) is 11.5 Å². The standard InChI is InChI=1S/C19H16N2O2S/c1-12(13-7-3-2-4-8-13)11-21-18(22)17-16(20-19(21)24)14-9-5-6-10-15(14)23-17/h2-10,12H,11H2,1H3,(H,20,24)/t12-/m1/s1. The minimum absolute atomic E-state index is 0.167. The van der Waals surface area contributed by atoms with Crippen molar-refractivity contribution in [1.29, 1.82) is 0 Å². The molecule has 0 radical (unpaired) electrons. The quantitative estimate of drug-likeness (QED) is 0.556. The van der Waals surface area contributed by atoms with Crippen LogP contribution in [0.1, 0.15) is 18.4 Å². The first kappa shape index (κ1) is 14.9. The Labute approximate surface area is 143 Å². The van der Waals surface area contributed by atoms with Crippen molar-refractivity contribution in [2.75, 3.05) is 0 Å². The Bertz CT molecular complexity index is 1140. The summed E-state index contributed by atoms with van der Waals surface area (Å²) in [4.78, 5) is 16.0. The third-order valence-electron chi connectivity index (χ3n) is 4.34. The van der Waals surface area contributed by atoms with Crippen LogP contribution in [0.2, 0.25) is 0 Å². The molecule has 0 amide bonds. The van der Waals surface area contributed by atoms with Crippen LogP contribution in [0, 0.1) is 4.77 Å². The summed E-state index contributed by atoms with van der Waals surface area (Å²) in [6.45, 7) is 2.59. The summed E-state index contributed by atoms with van der Waals surface area (Å²) < 4.78 is 7.75. The van der Waals surface area contributed by atoms with Crippen molar-refractivity contribution in [1.82, 2.24) is 9.55 Å². The second-order valence-electron chi connectivity index (χ2n) is 5.96. The molecule has 0 saturated heterocycles. The Hall–Kier alpha value is -2.66. The van der Waals surface area contributed by atoms with E-state index in [0.29, 0.717) is 28.0 Å². The van der Waals surface area contributed by atoms with Crippen LogP contribution in [0.3, 0.4) is 0 Å². The van der Waals surface area contributed by atoms with E-state index in [1.165, 1.54) is 5.56 Å². The fourth-order valence-electron chi connectivity index (χ4n) is 3.04. The van der Waals surface area contributed by atoms with Crippen molar-refractivity contribution in [3.8, 4) is 0 Å². The molecule has 1 atom stereocenters. The molecule has 2 aromatic heterocycles. The summed E-state index contributed by atoms with van der Waals surface area (Å²) in [5.74, 6) is 0.167. The first-order valence-electron chi connectivity index (χ1n) is 7.84. The van der Waals surface area contributed by atoms with Crippen LogP contribution in [-0.2, 0) is 6.54 Å². The number of fused-ring (bicyclic) bond motifs is 3. The maximum atomic E-state index is 12.9. The molecule has 2 heterocycles. The molecule has 4 rings (SSSR count). The number of H-pyrrole nitrogens is 1. The molecule has 0 unspecified atom stereocenters. The average Bonchev–Trinajstić information content (AvgIpc) is 2.98. The molecule has 0 fully saturated rings. The minimum Gasteiger partial charge on any atom is -0.449 e. The van der Waals surface area contributed by atoms with E-state index < -0.39 is 0 Å². The maximum Gasteiger partial charge on any atom is 0.298 e. The molecule has 5 heteroatoms. The molecule has 0 aliphatic rings. The number of nitrogens with one attached hydrogen (secondary N) is 1. The fourth-order valence-corrected chi connectivity index (χ4v) is 3.30. The fraction of sp³-hybridized carbons (Fsp3) is 0.158. The Morgan fingerprint density at radius 1 is 1.12 bits per heavy atom. The van der Waals surface area contributed by atoms with Crippen LogP contribution < -0.4 is 5.56 Å². The van der Waals surface area contributed by atoms with Gasteiger partial charge in [-0.15, -0.1) is 0 Å². The average molecular weight is 336 g/mol. The van der Waals surface area contributed by atoms with E-state index in [9.17, 15) is 4.79 Å². The first-order chi connectivity index (χ1) is 11.6. The highest BCUT2D eigenvalue weighted by molar-refractivity contribution is 7.71. The van der Waals surface area contributed by atoms with E-state index in [2.05, 4.69) is 24.0 Å². The van der Waals surface area contributed by atoms with E-state index >= 15 is 0 Å². The predicted octanol–water partition coefficient (Wildman–Crippen LogP) is 4.61. The van der Waals surface area contributed by atoms with Gasteiger partial charge < -0.3 is 9.40 Å². The SMILES string of the molecule is C[C@H](Cn1c(=S)[nH]c2c(oc3ccccc32)c1=O)c1ccccc1. The molecular formula is C19H16N2O2S. The molecule has 0 saturated carbocycles. The van der Waals surface area contributed by atoms with Crippen LogP contribution in [0.25, 0.3) is 22.1 Å².